The number of hydrogen-bond acceptors (Lipinski definition) is 3. The summed E-state index contributed by atoms with van der Waals surface area (Å²) in [7, 11) is 0. The topological polar surface area (TPSA) is 51.2 Å². The van der Waals surface area contributed by atoms with Crippen molar-refractivity contribution in [3.63, 3.8) is 0 Å². The molecule has 0 unspecified atom stereocenters. The van der Waals surface area contributed by atoms with Crippen LogP contribution in [-0.4, -0.2) is 0 Å². The van der Waals surface area contributed by atoms with E-state index < -0.39 is 0 Å². The van der Waals surface area contributed by atoms with Gasteiger partial charge in [0.05, 0.1) is 6.54 Å². The molecule has 0 aliphatic carbocycles. The van der Waals surface area contributed by atoms with E-state index in [0.717, 1.165) is 22.3 Å². The van der Waals surface area contributed by atoms with Gasteiger partial charge in [-0.25, -0.2) is 0 Å². The highest BCUT2D eigenvalue weighted by molar-refractivity contribution is 5.80. The molecule has 0 saturated carbocycles. The minimum absolute atomic E-state index is 0.564. The van der Waals surface area contributed by atoms with Crippen LogP contribution in [0, 0.1) is 6.92 Å². The smallest absolute Gasteiger partial charge is 0.137 e. The molecule has 68 valence electrons. The number of para-hydroxylation sites is 1. The monoisotopic (exact) mass is 176 g/mol. The molecule has 0 fully saturated rings. The van der Waals surface area contributed by atoms with E-state index >= 15 is 0 Å². The zero-order valence-corrected chi connectivity index (χ0v) is 7.50. The Hall–Kier alpha value is -1.32. The van der Waals surface area contributed by atoms with Crippen LogP contribution in [0.3, 0.4) is 0 Å². The van der Waals surface area contributed by atoms with Crippen molar-refractivity contribution in [1.82, 2.24) is 5.43 Å². The number of nitrogens with two attached hydrogens (primary N) is 1. The van der Waals surface area contributed by atoms with Gasteiger partial charge in [0.15, 0.2) is 0 Å². The van der Waals surface area contributed by atoms with E-state index in [-0.39, 0.29) is 0 Å². The molecule has 0 spiro atoms. The lowest BCUT2D eigenvalue weighted by molar-refractivity contribution is 0.519. The molecule has 2 aromatic rings. The van der Waals surface area contributed by atoms with Crippen molar-refractivity contribution in [3.05, 3.63) is 35.6 Å². The van der Waals surface area contributed by atoms with Crippen molar-refractivity contribution in [2.45, 2.75) is 13.5 Å². The molecular formula is C10H12N2O. The Labute approximate surface area is 76.5 Å². The average Bonchev–Trinajstić information content (AvgIpc) is 2.49. The molecule has 13 heavy (non-hydrogen) atoms. The van der Waals surface area contributed by atoms with Crippen LogP contribution in [0.4, 0.5) is 0 Å². The van der Waals surface area contributed by atoms with Crippen LogP contribution in [0.1, 0.15) is 11.3 Å². The first-order valence-electron chi connectivity index (χ1n) is 4.23. The summed E-state index contributed by atoms with van der Waals surface area (Å²) in [6, 6.07) is 8.09. The Morgan fingerprint density at radius 2 is 2.31 bits per heavy atom. The van der Waals surface area contributed by atoms with E-state index in [2.05, 4.69) is 5.43 Å². The zero-order valence-electron chi connectivity index (χ0n) is 7.50. The molecule has 0 atom stereocenters. The highest BCUT2D eigenvalue weighted by Crippen LogP contribution is 2.22. The van der Waals surface area contributed by atoms with Gasteiger partial charge in [-0.2, -0.15) is 0 Å². The molecule has 1 aromatic carbocycles. The van der Waals surface area contributed by atoms with Crippen LogP contribution >= 0.6 is 0 Å². The fourth-order valence-electron chi connectivity index (χ4n) is 1.45. The van der Waals surface area contributed by atoms with Crippen LogP contribution in [0.15, 0.2) is 28.7 Å². The van der Waals surface area contributed by atoms with Crippen LogP contribution in [0.2, 0.25) is 0 Å². The van der Waals surface area contributed by atoms with Gasteiger partial charge in [-0.15, -0.1) is 0 Å². The fraction of sp³-hybridized carbons (Fsp3) is 0.200. The number of hydrazine groups is 1. The van der Waals surface area contributed by atoms with Crippen LogP contribution < -0.4 is 11.3 Å². The molecule has 1 heterocycles. The van der Waals surface area contributed by atoms with Gasteiger partial charge in [0.25, 0.3) is 0 Å². The number of furan rings is 1. The first kappa shape index (κ1) is 8.29. The third kappa shape index (κ3) is 1.43. The number of benzene rings is 1. The molecule has 0 aliphatic rings. The molecule has 0 amide bonds. The third-order valence-corrected chi connectivity index (χ3v) is 2.07. The Morgan fingerprint density at radius 3 is 3.00 bits per heavy atom. The van der Waals surface area contributed by atoms with E-state index in [0.29, 0.717) is 6.54 Å². The number of nitrogens with one attached hydrogen (secondary N) is 1. The van der Waals surface area contributed by atoms with Crippen LogP contribution in [0.25, 0.3) is 11.0 Å². The van der Waals surface area contributed by atoms with E-state index in [4.69, 9.17) is 10.3 Å². The van der Waals surface area contributed by atoms with E-state index in [1.165, 1.54) is 0 Å². The molecular weight excluding hydrogens is 164 g/mol. The summed E-state index contributed by atoms with van der Waals surface area (Å²) in [5, 5.41) is 1.13. The summed E-state index contributed by atoms with van der Waals surface area (Å²) in [5.41, 5.74) is 4.68. The zero-order chi connectivity index (χ0) is 9.26. The quantitative estimate of drug-likeness (QED) is 0.541. The summed E-state index contributed by atoms with van der Waals surface area (Å²) >= 11 is 0. The summed E-state index contributed by atoms with van der Waals surface area (Å²) in [5.74, 6) is 6.08. The molecule has 1 aromatic heterocycles. The first-order chi connectivity index (χ1) is 6.31. The minimum Gasteiger partial charge on any atom is -0.459 e. The lowest BCUT2D eigenvalue weighted by atomic mass is 10.2. The molecule has 3 nitrogen and oxygen atoms in total. The van der Waals surface area contributed by atoms with Gasteiger partial charge in [-0.3, -0.25) is 11.3 Å². The standard InChI is InChI=1S/C10H12N2O/c1-7-3-2-4-8-5-9(6-12-11)13-10(7)8/h2-5,12H,6,11H2,1H3. The maximum absolute atomic E-state index is 5.60. The Kier molecular flexibility index (Phi) is 2.04. The normalized spacial score (nSPS) is 10.9. The van der Waals surface area contributed by atoms with Crippen molar-refractivity contribution in [2.75, 3.05) is 0 Å². The molecule has 0 bridgehead atoms. The van der Waals surface area contributed by atoms with Gasteiger partial charge < -0.3 is 4.42 Å². The minimum atomic E-state index is 0.564. The predicted molar refractivity (Wildman–Crippen MR) is 52.0 cm³/mol. The van der Waals surface area contributed by atoms with E-state index in [1.807, 2.05) is 31.2 Å². The van der Waals surface area contributed by atoms with Crippen LogP contribution in [-0.2, 0) is 6.54 Å². The second-order valence-electron chi connectivity index (χ2n) is 3.09. The lowest BCUT2D eigenvalue weighted by Gasteiger charge is -1.93. The largest absolute Gasteiger partial charge is 0.459 e. The van der Waals surface area contributed by atoms with Gasteiger partial charge in [0.1, 0.15) is 11.3 Å². The SMILES string of the molecule is Cc1cccc2cc(CNN)oc12. The highest BCUT2D eigenvalue weighted by Gasteiger charge is 2.03. The molecule has 0 saturated heterocycles. The first-order valence-corrected chi connectivity index (χ1v) is 4.23. The molecule has 2 rings (SSSR count). The maximum Gasteiger partial charge on any atom is 0.137 e. The van der Waals surface area contributed by atoms with Gasteiger partial charge >= 0.3 is 0 Å². The summed E-state index contributed by atoms with van der Waals surface area (Å²) in [6.07, 6.45) is 0. The van der Waals surface area contributed by atoms with Crippen molar-refractivity contribution in [1.29, 1.82) is 0 Å². The van der Waals surface area contributed by atoms with E-state index in [9.17, 15) is 0 Å². The van der Waals surface area contributed by atoms with Gasteiger partial charge in [0.2, 0.25) is 0 Å². The van der Waals surface area contributed by atoms with Crippen molar-refractivity contribution < 1.29 is 4.42 Å². The predicted octanol–water partition coefficient (Wildman–Crippen LogP) is 1.70. The number of hydrogen-bond donors (Lipinski definition) is 2. The van der Waals surface area contributed by atoms with Gasteiger partial charge in [-0.05, 0) is 18.6 Å². The van der Waals surface area contributed by atoms with Gasteiger partial charge in [-0.1, -0.05) is 18.2 Å². The third-order valence-electron chi connectivity index (χ3n) is 2.07. The number of aryl methyl sites for hydroxylation is 1. The molecule has 0 radical (unpaired) electrons. The number of fused-ring (bicyclic) bond motifs is 1. The fourth-order valence-corrected chi connectivity index (χ4v) is 1.45. The summed E-state index contributed by atoms with van der Waals surface area (Å²) in [6.45, 7) is 2.60. The second-order valence-corrected chi connectivity index (χ2v) is 3.09. The maximum atomic E-state index is 5.60. The Morgan fingerprint density at radius 1 is 1.46 bits per heavy atom. The highest BCUT2D eigenvalue weighted by atomic mass is 16.3. The Bertz CT molecular complexity index is 420. The van der Waals surface area contributed by atoms with Crippen molar-refractivity contribution in [2.24, 2.45) is 5.84 Å². The molecule has 3 N–H and O–H groups in total. The average molecular weight is 176 g/mol. The lowest BCUT2D eigenvalue weighted by Crippen LogP contribution is -2.20. The Balaban J connectivity index is 2.55. The molecule has 3 heteroatoms. The second kappa shape index (κ2) is 3.20. The summed E-state index contributed by atoms with van der Waals surface area (Å²) in [4.78, 5) is 0. The van der Waals surface area contributed by atoms with Crippen molar-refractivity contribution >= 4 is 11.0 Å². The van der Waals surface area contributed by atoms with Crippen molar-refractivity contribution in [3.8, 4) is 0 Å². The van der Waals surface area contributed by atoms with Gasteiger partial charge in [0, 0.05) is 5.39 Å². The number of rotatable bonds is 2. The molecule has 0 aliphatic heterocycles. The van der Waals surface area contributed by atoms with E-state index in [1.54, 1.807) is 0 Å². The van der Waals surface area contributed by atoms with Crippen LogP contribution in [0.5, 0.6) is 0 Å². The summed E-state index contributed by atoms with van der Waals surface area (Å²) < 4.78 is 5.60.